The van der Waals surface area contributed by atoms with Gasteiger partial charge in [0, 0.05) is 6.54 Å². The van der Waals surface area contributed by atoms with Crippen LogP contribution >= 0.6 is 12.2 Å². The molecule has 0 unspecified atom stereocenters. The summed E-state index contributed by atoms with van der Waals surface area (Å²) in [5.74, 6) is 0.439. The molecule has 26 heavy (non-hydrogen) atoms. The van der Waals surface area contributed by atoms with Crippen molar-refractivity contribution in [2.45, 2.75) is 0 Å². The molecule has 0 saturated carbocycles. The van der Waals surface area contributed by atoms with Crippen molar-refractivity contribution in [3.8, 4) is 11.5 Å². The van der Waals surface area contributed by atoms with Crippen LogP contribution in [0.5, 0.6) is 11.5 Å². The summed E-state index contributed by atoms with van der Waals surface area (Å²) >= 11 is 5.03. The lowest BCUT2D eigenvalue weighted by Gasteiger charge is -2.27. The first-order valence-electron chi connectivity index (χ1n) is 7.91. The summed E-state index contributed by atoms with van der Waals surface area (Å²) in [7, 11) is 0. The molecule has 0 radical (unpaired) electrons. The third-order valence-electron chi connectivity index (χ3n) is 3.67. The van der Waals surface area contributed by atoms with E-state index in [1.807, 2.05) is 30.3 Å². The molecule has 0 aromatic heterocycles. The fourth-order valence-corrected chi connectivity index (χ4v) is 2.66. The van der Waals surface area contributed by atoms with Crippen LogP contribution in [-0.4, -0.2) is 28.4 Å². The minimum atomic E-state index is -0.509. The van der Waals surface area contributed by atoms with Gasteiger partial charge in [-0.1, -0.05) is 36.4 Å². The minimum Gasteiger partial charge on any atom is -0.457 e. The van der Waals surface area contributed by atoms with Gasteiger partial charge in [-0.2, -0.15) is 0 Å². The van der Waals surface area contributed by atoms with E-state index < -0.39 is 11.8 Å². The molecule has 5 nitrogen and oxygen atoms in total. The molecule has 1 N–H and O–H groups in total. The number of ether oxygens (including phenoxy) is 1. The molecule has 2 amide bonds. The van der Waals surface area contributed by atoms with Crippen LogP contribution in [0.25, 0.3) is 6.08 Å². The summed E-state index contributed by atoms with van der Waals surface area (Å²) in [6, 6.07) is 16.5. The standard InChI is InChI=1S/C20H16N2O3S/c1-2-12-22-19(24)17(18(23)21-20(22)26)13-14-8-10-16(11-9-14)25-15-6-4-3-5-7-15/h2-11,13H,1,12H2,(H,21,23,26)/b17-13+. The zero-order chi connectivity index (χ0) is 18.5. The third-order valence-corrected chi connectivity index (χ3v) is 3.99. The summed E-state index contributed by atoms with van der Waals surface area (Å²) in [5.41, 5.74) is 0.729. The summed E-state index contributed by atoms with van der Waals surface area (Å²) < 4.78 is 5.73. The molecule has 1 saturated heterocycles. The Bertz CT molecular complexity index is 889. The fraction of sp³-hybridized carbons (Fsp3) is 0.0500. The van der Waals surface area contributed by atoms with E-state index in [1.54, 1.807) is 30.3 Å². The van der Waals surface area contributed by atoms with E-state index in [1.165, 1.54) is 11.0 Å². The highest BCUT2D eigenvalue weighted by Gasteiger charge is 2.32. The predicted molar refractivity (Wildman–Crippen MR) is 104 cm³/mol. The van der Waals surface area contributed by atoms with E-state index in [9.17, 15) is 9.59 Å². The number of para-hydroxylation sites is 1. The lowest BCUT2D eigenvalue weighted by Crippen LogP contribution is -2.53. The van der Waals surface area contributed by atoms with Crippen molar-refractivity contribution in [3.05, 3.63) is 78.4 Å². The van der Waals surface area contributed by atoms with Crippen molar-refractivity contribution in [2.75, 3.05) is 6.54 Å². The Morgan fingerprint density at radius 2 is 1.69 bits per heavy atom. The SMILES string of the molecule is C=CCN1C(=O)/C(=C/c2ccc(Oc3ccccc3)cc2)C(=O)NC1=S. The van der Waals surface area contributed by atoms with E-state index in [0.29, 0.717) is 11.3 Å². The molecule has 3 rings (SSSR count). The smallest absolute Gasteiger partial charge is 0.265 e. The van der Waals surface area contributed by atoms with Crippen molar-refractivity contribution in [1.29, 1.82) is 0 Å². The van der Waals surface area contributed by atoms with Gasteiger partial charge in [0.05, 0.1) is 0 Å². The lowest BCUT2D eigenvalue weighted by molar-refractivity contribution is -0.128. The Hall–Kier alpha value is -3.25. The minimum absolute atomic E-state index is 0.0252. The average Bonchev–Trinajstić information content (AvgIpc) is 2.64. The van der Waals surface area contributed by atoms with Crippen LogP contribution in [-0.2, 0) is 9.59 Å². The van der Waals surface area contributed by atoms with E-state index >= 15 is 0 Å². The number of thiocarbonyl (C=S) groups is 1. The van der Waals surface area contributed by atoms with Gasteiger partial charge in [-0.05, 0) is 48.1 Å². The molecular weight excluding hydrogens is 348 g/mol. The van der Waals surface area contributed by atoms with E-state index in [0.717, 1.165) is 5.75 Å². The van der Waals surface area contributed by atoms with Crippen LogP contribution in [0.3, 0.4) is 0 Å². The van der Waals surface area contributed by atoms with Crippen LogP contribution in [0.15, 0.2) is 72.8 Å². The molecule has 6 heteroatoms. The predicted octanol–water partition coefficient (Wildman–Crippen LogP) is 3.29. The van der Waals surface area contributed by atoms with Gasteiger partial charge in [-0.3, -0.25) is 19.8 Å². The van der Waals surface area contributed by atoms with Gasteiger partial charge in [0.15, 0.2) is 5.11 Å². The van der Waals surface area contributed by atoms with Gasteiger partial charge < -0.3 is 4.74 Å². The van der Waals surface area contributed by atoms with Gasteiger partial charge >= 0.3 is 0 Å². The number of hydrogen-bond acceptors (Lipinski definition) is 4. The van der Waals surface area contributed by atoms with E-state index in [2.05, 4.69) is 11.9 Å². The van der Waals surface area contributed by atoms with E-state index in [4.69, 9.17) is 17.0 Å². The second-order valence-electron chi connectivity index (χ2n) is 5.51. The monoisotopic (exact) mass is 364 g/mol. The average molecular weight is 364 g/mol. The molecule has 0 spiro atoms. The fourth-order valence-electron chi connectivity index (χ4n) is 2.41. The Labute approximate surface area is 156 Å². The normalized spacial score (nSPS) is 15.8. The van der Waals surface area contributed by atoms with Crippen molar-refractivity contribution < 1.29 is 14.3 Å². The molecule has 0 aliphatic carbocycles. The summed E-state index contributed by atoms with van der Waals surface area (Å²) in [5, 5.41) is 2.60. The molecule has 130 valence electrons. The Kier molecular flexibility index (Phi) is 5.24. The van der Waals surface area contributed by atoms with Crippen molar-refractivity contribution in [2.24, 2.45) is 0 Å². The number of nitrogens with one attached hydrogen (secondary N) is 1. The van der Waals surface area contributed by atoms with Crippen LogP contribution in [0.4, 0.5) is 0 Å². The van der Waals surface area contributed by atoms with Crippen molar-refractivity contribution in [1.82, 2.24) is 10.2 Å². The number of nitrogens with zero attached hydrogens (tertiary/aromatic N) is 1. The van der Waals surface area contributed by atoms with Crippen molar-refractivity contribution >= 4 is 35.2 Å². The molecule has 1 aliphatic heterocycles. The van der Waals surface area contributed by atoms with Crippen LogP contribution in [0.1, 0.15) is 5.56 Å². The molecule has 0 bridgehead atoms. The molecule has 2 aromatic carbocycles. The molecular formula is C20H16N2O3S. The van der Waals surface area contributed by atoms with Gasteiger partial charge in [-0.15, -0.1) is 6.58 Å². The molecule has 1 heterocycles. The van der Waals surface area contributed by atoms with Gasteiger partial charge in [0.25, 0.3) is 11.8 Å². The number of carbonyl (C=O) groups is 2. The number of benzene rings is 2. The highest BCUT2D eigenvalue weighted by molar-refractivity contribution is 7.80. The third kappa shape index (κ3) is 3.87. The maximum atomic E-state index is 12.5. The first-order valence-corrected chi connectivity index (χ1v) is 8.32. The molecule has 1 aliphatic rings. The maximum Gasteiger partial charge on any atom is 0.265 e. The second kappa shape index (κ2) is 7.76. The van der Waals surface area contributed by atoms with Crippen LogP contribution in [0, 0.1) is 0 Å². The van der Waals surface area contributed by atoms with E-state index in [-0.39, 0.29) is 17.2 Å². The first-order chi connectivity index (χ1) is 12.6. The Morgan fingerprint density at radius 3 is 2.35 bits per heavy atom. The van der Waals surface area contributed by atoms with Gasteiger partial charge in [0.1, 0.15) is 17.1 Å². The molecule has 1 fully saturated rings. The highest BCUT2D eigenvalue weighted by atomic mass is 32.1. The number of hydrogen-bond donors (Lipinski definition) is 1. The van der Waals surface area contributed by atoms with Gasteiger partial charge in [0.2, 0.25) is 0 Å². The zero-order valence-corrected chi connectivity index (χ0v) is 14.7. The number of carbonyl (C=O) groups excluding carboxylic acids is 2. The second-order valence-corrected chi connectivity index (χ2v) is 5.89. The first kappa shape index (κ1) is 17.6. The lowest BCUT2D eigenvalue weighted by atomic mass is 10.1. The highest BCUT2D eigenvalue weighted by Crippen LogP contribution is 2.22. The molecule has 0 atom stereocenters. The summed E-state index contributed by atoms with van der Waals surface area (Å²) in [6.07, 6.45) is 3.08. The quantitative estimate of drug-likeness (QED) is 0.383. The Balaban J connectivity index is 1.80. The summed E-state index contributed by atoms with van der Waals surface area (Å²) in [6.45, 7) is 3.83. The van der Waals surface area contributed by atoms with Gasteiger partial charge in [-0.25, -0.2) is 0 Å². The largest absolute Gasteiger partial charge is 0.457 e. The van der Waals surface area contributed by atoms with Crippen molar-refractivity contribution in [3.63, 3.8) is 0 Å². The summed E-state index contributed by atoms with van der Waals surface area (Å²) in [4.78, 5) is 25.9. The Morgan fingerprint density at radius 1 is 1.04 bits per heavy atom. The zero-order valence-electron chi connectivity index (χ0n) is 13.8. The number of amides is 2. The number of rotatable bonds is 5. The van der Waals surface area contributed by atoms with Crippen LogP contribution in [0.2, 0.25) is 0 Å². The maximum absolute atomic E-state index is 12.5. The topological polar surface area (TPSA) is 58.6 Å². The van der Waals surface area contributed by atoms with Crippen LogP contribution < -0.4 is 10.1 Å². The molecule has 2 aromatic rings.